The molecule has 0 aliphatic carbocycles. The molecule has 0 aliphatic rings. The zero-order valence-electron chi connectivity index (χ0n) is 11.7. The summed E-state index contributed by atoms with van der Waals surface area (Å²) in [5, 5.41) is 4.02. The van der Waals surface area contributed by atoms with Crippen molar-refractivity contribution < 1.29 is 4.52 Å². The van der Waals surface area contributed by atoms with Crippen molar-refractivity contribution >= 4 is 15.9 Å². The normalized spacial score (nSPS) is 14.2. The minimum atomic E-state index is 0.244. The Labute approximate surface area is 127 Å². The summed E-state index contributed by atoms with van der Waals surface area (Å²) < 4.78 is 6.24. The van der Waals surface area contributed by atoms with Crippen LogP contribution in [-0.2, 0) is 0 Å². The molecule has 2 rings (SSSR count). The van der Waals surface area contributed by atoms with Crippen molar-refractivity contribution in [1.29, 1.82) is 0 Å². The fourth-order valence-corrected chi connectivity index (χ4v) is 2.32. The standard InChI is InChI=1S/C14H19BrN4O/c1-9(4-3-5-10(2)16)14-18-13(19-20-14)11-6-12(15)8-17-7-11/h6-10H,3-5,16H2,1-2H3. The summed E-state index contributed by atoms with van der Waals surface area (Å²) in [6.45, 7) is 4.12. The van der Waals surface area contributed by atoms with Crippen molar-refractivity contribution in [3.8, 4) is 11.4 Å². The van der Waals surface area contributed by atoms with Gasteiger partial charge in [-0.1, -0.05) is 18.5 Å². The van der Waals surface area contributed by atoms with Crippen molar-refractivity contribution in [1.82, 2.24) is 15.1 Å². The van der Waals surface area contributed by atoms with Gasteiger partial charge in [-0.25, -0.2) is 0 Å². The van der Waals surface area contributed by atoms with Gasteiger partial charge in [0.15, 0.2) is 0 Å². The molecule has 5 nitrogen and oxygen atoms in total. The van der Waals surface area contributed by atoms with Gasteiger partial charge in [-0.3, -0.25) is 4.98 Å². The first-order valence-electron chi connectivity index (χ1n) is 6.76. The third-order valence-electron chi connectivity index (χ3n) is 3.12. The Morgan fingerprint density at radius 2 is 2.10 bits per heavy atom. The molecule has 0 amide bonds. The summed E-state index contributed by atoms with van der Waals surface area (Å²) in [5.41, 5.74) is 6.59. The predicted molar refractivity (Wildman–Crippen MR) is 81.1 cm³/mol. The van der Waals surface area contributed by atoms with Crippen LogP contribution in [0.15, 0.2) is 27.5 Å². The van der Waals surface area contributed by atoms with Crippen LogP contribution < -0.4 is 5.73 Å². The van der Waals surface area contributed by atoms with Crippen LogP contribution >= 0.6 is 15.9 Å². The van der Waals surface area contributed by atoms with E-state index < -0.39 is 0 Å². The first kappa shape index (κ1) is 15.1. The largest absolute Gasteiger partial charge is 0.339 e. The first-order valence-corrected chi connectivity index (χ1v) is 7.55. The second kappa shape index (κ2) is 6.95. The molecule has 2 N–H and O–H groups in total. The molecule has 2 unspecified atom stereocenters. The summed E-state index contributed by atoms with van der Waals surface area (Å²) in [7, 11) is 0. The summed E-state index contributed by atoms with van der Waals surface area (Å²) in [6, 6.07) is 2.16. The molecule has 0 fully saturated rings. The molecule has 20 heavy (non-hydrogen) atoms. The van der Waals surface area contributed by atoms with E-state index in [1.165, 1.54) is 0 Å². The predicted octanol–water partition coefficient (Wildman–Crippen LogP) is 3.52. The van der Waals surface area contributed by atoms with E-state index in [1.807, 2.05) is 13.0 Å². The Hall–Kier alpha value is -1.27. The van der Waals surface area contributed by atoms with Crippen molar-refractivity contribution in [3.63, 3.8) is 0 Å². The summed E-state index contributed by atoms with van der Waals surface area (Å²) in [5.74, 6) is 1.49. The highest BCUT2D eigenvalue weighted by Gasteiger charge is 2.15. The first-order chi connectivity index (χ1) is 9.56. The topological polar surface area (TPSA) is 77.8 Å². The number of aromatic nitrogens is 3. The van der Waals surface area contributed by atoms with Gasteiger partial charge in [-0.15, -0.1) is 0 Å². The molecule has 0 radical (unpaired) electrons. The number of hydrogen-bond donors (Lipinski definition) is 1. The van der Waals surface area contributed by atoms with Crippen LogP contribution in [0.25, 0.3) is 11.4 Å². The third-order valence-corrected chi connectivity index (χ3v) is 3.56. The quantitative estimate of drug-likeness (QED) is 0.871. The number of rotatable bonds is 6. The van der Waals surface area contributed by atoms with E-state index in [9.17, 15) is 0 Å². The van der Waals surface area contributed by atoms with E-state index in [-0.39, 0.29) is 12.0 Å². The second-order valence-electron chi connectivity index (χ2n) is 5.16. The van der Waals surface area contributed by atoms with Gasteiger partial charge in [0.1, 0.15) is 0 Å². The number of nitrogens with zero attached hydrogens (tertiary/aromatic N) is 3. The van der Waals surface area contributed by atoms with Crippen LogP contribution in [0.1, 0.15) is 44.9 Å². The summed E-state index contributed by atoms with van der Waals surface area (Å²) in [6.07, 6.45) is 6.52. The van der Waals surface area contributed by atoms with Crippen LogP contribution in [0, 0.1) is 0 Å². The minimum Gasteiger partial charge on any atom is -0.339 e. The Bertz CT molecular complexity index is 556. The van der Waals surface area contributed by atoms with Gasteiger partial charge in [0.05, 0.1) is 0 Å². The Morgan fingerprint density at radius 3 is 2.80 bits per heavy atom. The zero-order valence-corrected chi connectivity index (χ0v) is 13.3. The van der Waals surface area contributed by atoms with Gasteiger partial charge >= 0.3 is 0 Å². The highest BCUT2D eigenvalue weighted by Crippen LogP contribution is 2.24. The molecule has 2 aromatic heterocycles. The van der Waals surface area contributed by atoms with E-state index >= 15 is 0 Å². The lowest BCUT2D eigenvalue weighted by atomic mass is 10.0. The molecule has 0 aliphatic heterocycles. The number of halogens is 1. The van der Waals surface area contributed by atoms with Crippen molar-refractivity contribution in [3.05, 3.63) is 28.8 Å². The zero-order chi connectivity index (χ0) is 14.5. The Morgan fingerprint density at radius 1 is 1.30 bits per heavy atom. The molecular weight excluding hydrogens is 320 g/mol. The van der Waals surface area contributed by atoms with Gasteiger partial charge in [-0.2, -0.15) is 4.98 Å². The summed E-state index contributed by atoms with van der Waals surface area (Å²) >= 11 is 3.38. The average Bonchev–Trinajstić information content (AvgIpc) is 2.87. The van der Waals surface area contributed by atoms with Gasteiger partial charge < -0.3 is 10.3 Å². The molecule has 2 aromatic rings. The number of hydrogen-bond acceptors (Lipinski definition) is 5. The average molecular weight is 339 g/mol. The molecule has 2 heterocycles. The summed E-state index contributed by atoms with van der Waals surface area (Å²) in [4.78, 5) is 8.55. The molecule has 108 valence electrons. The van der Waals surface area contributed by atoms with Gasteiger partial charge in [0.25, 0.3) is 0 Å². The molecule has 0 bridgehead atoms. The highest BCUT2D eigenvalue weighted by molar-refractivity contribution is 9.10. The minimum absolute atomic E-state index is 0.244. The van der Waals surface area contributed by atoms with Crippen molar-refractivity contribution in [2.75, 3.05) is 0 Å². The van der Waals surface area contributed by atoms with Crippen LogP contribution in [0.2, 0.25) is 0 Å². The lowest BCUT2D eigenvalue weighted by molar-refractivity contribution is 0.350. The second-order valence-corrected chi connectivity index (χ2v) is 6.07. The lowest BCUT2D eigenvalue weighted by Gasteiger charge is -2.07. The lowest BCUT2D eigenvalue weighted by Crippen LogP contribution is -2.14. The Kier molecular flexibility index (Phi) is 5.25. The maximum Gasteiger partial charge on any atom is 0.229 e. The number of pyridine rings is 1. The van der Waals surface area contributed by atoms with Crippen LogP contribution in [-0.4, -0.2) is 21.2 Å². The highest BCUT2D eigenvalue weighted by atomic mass is 79.9. The van der Waals surface area contributed by atoms with Crippen LogP contribution in [0.5, 0.6) is 0 Å². The van der Waals surface area contributed by atoms with Crippen LogP contribution in [0.3, 0.4) is 0 Å². The molecule has 6 heteroatoms. The smallest absolute Gasteiger partial charge is 0.229 e. The van der Waals surface area contributed by atoms with Crippen molar-refractivity contribution in [2.24, 2.45) is 5.73 Å². The van der Waals surface area contributed by atoms with Gasteiger partial charge in [0.2, 0.25) is 11.7 Å². The number of nitrogens with two attached hydrogens (primary N) is 1. The van der Waals surface area contributed by atoms with Crippen LogP contribution in [0.4, 0.5) is 0 Å². The monoisotopic (exact) mass is 338 g/mol. The van der Waals surface area contributed by atoms with E-state index in [0.29, 0.717) is 11.7 Å². The molecule has 0 spiro atoms. The van der Waals surface area contributed by atoms with E-state index in [4.69, 9.17) is 10.3 Å². The fraction of sp³-hybridized carbons (Fsp3) is 0.500. The van der Waals surface area contributed by atoms with E-state index in [0.717, 1.165) is 29.3 Å². The van der Waals surface area contributed by atoms with E-state index in [1.54, 1.807) is 12.4 Å². The molecule has 0 saturated carbocycles. The maximum atomic E-state index is 5.75. The van der Waals surface area contributed by atoms with Gasteiger partial charge in [0, 0.05) is 34.4 Å². The Balaban J connectivity index is 2.01. The molecule has 0 saturated heterocycles. The molecular formula is C14H19BrN4O. The molecule has 0 aromatic carbocycles. The van der Waals surface area contributed by atoms with Crippen molar-refractivity contribution in [2.45, 2.75) is 45.1 Å². The SMILES string of the molecule is CC(N)CCCC(C)c1nc(-c2cncc(Br)c2)no1. The third kappa shape index (κ3) is 4.11. The maximum absolute atomic E-state index is 5.75. The van der Waals surface area contributed by atoms with Gasteiger partial charge in [-0.05, 0) is 41.8 Å². The van der Waals surface area contributed by atoms with E-state index in [2.05, 4.69) is 38.0 Å². The molecule has 2 atom stereocenters. The fourth-order valence-electron chi connectivity index (χ4n) is 1.96.